The van der Waals surface area contributed by atoms with E-state index in [1.807, 2.05) is 0 Å². The van der Waals surface area contributed by atoms with Crippen LogP contribution in [0.25, 0.3) is 0 Å². The minimum absolute atomic E-state index is 0.0631. The van der Waals surface area contributed by atoms with Crippen LogP contribution in [0.4, 0.5) is 0 Å². The highest BCUT2D eigenvalue weighted by Crippen LogP contribution is 2.20. The van der Waals surface area contributed by atoms with Gasteiger partial charge in [0, 0.05) is 39.6 Å². The molecule has 2 heterocycles. The summed E-state index contributed by atoms with van der Waals surface area (Å²) in [7, 11) is -0.276. The molecule has 2 saturated heterocycles. The summed E-state index contributed by atoms with van der Waals surface area (Å²) in [5, 5.41) is 3.04. The number of hydrogen-bond acceptors (Lipinski definition) is 4. The fraction of sp³-hybridized carbons (Fsp3) is 0.941. The van der Waals surface area contributed by atoms with Crippen LogP contribution in [-0.4, -0.2) is 81.2 Å². The van der Waals surface area contributed by atoms with Gasteiger partial charge in [-0.25, -0.2) is 0 Å². The molecule has 8 heteroatoms. The molecule has 0 atom stereocenters. The number of amides is 1. The molecule has 0 bridgehead atoms. The topological polar surface area (TPSA) is 73.0 Å². The lowest BCUT2D eigenvalue weighted by Crippen LogP contribution is -2.47. The van der Waals surface area contributed by atoms with Gasteiger partial charge in [-0.3, -0.25) is 4.79 Å². The molecule has 0 aromatic heterocycles. The predicted octanol–water partition coefficient (Wildman–Crippen LogP) is 0.887. The Balaban J connectivity index is 1.64. The van der Waals surface area contributed by atoms with Crippen molar-refractivity contribution in [3.8, 4) is 0 Å². The van der Waals surface area contributed by atoms with Gasteiger partial charge in [0.05, 0.1) is 0 Å². The second-order valence-electron chi connectivity index (χ2n) is 7.36. The summed E-state index contributed by atoms with van der Waals surface area (Å²) in [5.74, 6) is 0.0181. The number of carbonyl (C=O) groups excluding carboxylic acids is 1. The van der Waals surface area contributed by atoms with Crippen molar-refractivity contribution in [2.45, 2.75) is 44.9 Å². The van der Waals surface area contributed by atoms with E-state index < -0.39 is 10.2 Å². The average molecular weight is 375 g/mol. The number of nitrogens with zero attached hydrogens (tertiary/aromatic N) is 3. The van der Waals surface area contributed by atoms with Gasteiger partial charge in [-0.2, -0.15) is 17.0 Å². The fourth-order valence-corrected chi connectivity index (χ4v) is 4.73. The highest BCUT2D eigenvalue weighted by Gasteiger charge is 2.32. The number of nitrogens with one attached hydrogen (secondary N) is 1. The highest BCUT2D eigenvalue weighted by atomic mass is 32.2. The third-order valence-corrected chi connectivity index (χ3v) is 7.20. The van der Waals surface area contributed by atoms with Crippen LogP contribution >= 0.6 is 0 Å². The lowest BCUT2D eigenvalue weighted by molar-refractivity contribution is -0.126. The maximum atomic E-state index is 12.3. The summed E-state index contributed by atoms with van der Waals surface area (Å²) in [6.07, 6.45) is 7.46. The molecule has 0 aliphatic carbocycles. The molecule has 1 N–H and O–H groups in total. The van der Waals surface area contributed by atoms with Crippen molar-refractivity contribution in [2.75, 3.05) is 53.4 Å². The van der Waals surface area contributed by atoms with E-state index in [9.17, 15) is 13.2 Å². The first-order valence-corrected chi connectivity index (χ1v) is 11.0. The van der Waals surface area contributed by atoms with Crippen LogP contribution in [0.2, 0.25) is 0 Å². The number of rotatable bonds is 7. The maximum absolute atomic E-state index is 12.3. The molecule has 2 fully saturated rings. The molecule has 2 rings (SSSR count). The molecule has 2 aliphatic rings. The summed E-state index contributed by atoms with van der Waals surface area (Å²) in [5.41, 5.74) is 0. The Bertz CT molecular complexity index is 508. The molecule has 146 valence electrons. The molecule has 0 aromatic rings. The van der Waals surface area contributed by atoms with E-state index in [-0.39, 0.29) is 11.8 Å². The van der Waals surface area contributed by atoms with Gasteiger partial charge < -0.3 is 10.2 Å². The van der Waals surface area contributed by atoms with Crippen LogP contribution in [-0.2, 0) is 15.0 Å². The Hall–Kier alpha value is -0.700. The van der Waals surface area contributed by atoms with Gasteiger partial charge in [0.25, 0.3) is 10.2 Å². The van der Waals surface area contributed by atoms with Crippen molar-refractivity contribution in [3.05, 3.63) is 0 Å². The maximum Gasteiger partial charge on any atom is 0.281 e. The molecule has 0 unspecified atom stereocenters. The minimum Gasteiger partial charge on any atom is -0.356 e. The molecule has 1 amide bonds. The van der Waals surface area contributed by atoms with Crippen molar-refractivity contribution in [1.82, 2.24) is 18.8 Å². The molecular weight excluding hydrogens is 340 g/mol. The summed E-state index contributed by atoms with van der Waals surface area (Å²) >= 11 is 0. The highest BCUT2D eigenvalue weighted by molar-refractivity contribution is 7.86. The predicted molar refractivity (Wildman–Crippen MR) is 99.4 cm³/mol. The van der Waals surface area contributed by atoms with Gasteiger partial charge in [-0.15, -0.1) is 0 Å². The van der Waals surface area contributed by atoms with Gasteiger partial charge in [0.15, 0.2) is 0 Å². The molecule has 0 radical (unpaired) electrons. The van der Waals surface area contributed by atoms with Gasteiger partial charge in [-0.1, -0.05) is 12.8 Å². The third-order valence-electron chi connectivity index (χ3n) is 5.26. The number of hydrogen-bond donors (Lipinski definition) is 1. The van der Waals surface area contributed by atoms with E-state index in [0.29, 0.717) is 32.5 Å². The monoisotopic (exact) mass is 374 g/mol. The zero-order valence-electron chi connectivity index (χ0n) is 15.7. The van der Waals surface area contributed by atoms with Crippen molar-refractivity contribution < 1.29 is 13.2 Å². The van der Waals surface area contributed by atoms with Crippen LogP contribution < -0.4 is 5.32 Å². The smallest absolute Gasteiger partial charge is 0.281 e. The van der Waals surface area contributed by atoms with E-state index in [0.717, 1.165) is 13.0 Å². The first kappa shape index (κ1) is 20.6. The van der Waals surface area contributed by atoms with Gasteiger partial charge in [0.1, 0.15) is 0 Å². The summed E-state index contributed by atoms with van der Waals surface area (Å²) < 4.78 is 26.9. The number of piperidine rings is 1. The lowest BCUT2D eigenvalue weighted by Gasteiger charge is -2.32. The number of likely N-dealkylation sites (tertiary alicyclic amines) is 1. The zero-order chi connectivity index (χ0) is 18.3. The summed E-state index contributed by atoms with van der Waals surface area (Å²) in [4.78, 5) is 14.8. The molecule has 7 nitrogen and oxygen atoms in total. The Morgan fingerprint density at radius 3 is 2.20 bits per heavy atom. The van der Waals surface area contributed by atoms with E-state index in [1.165, 1.54) is 47.4 Å². The minimum atomic E-state index is -3.36. The second-order valence-corrected chi connectivity index (χ2v) is 9.51. The van der Waals surface area contributed by atoms with Crippen LogP contribution in [0.3, 0.4) is 0 Å². The first-order chi connectivity index (χ1) is 11.9. The zero-order valence-corrected chi connectivity index (χ0v) is 16.6. The van der Waals surface area contributed by atoms with E-state index in [1.54, 1.807) is 14.1 Å². The van der Waals surface area contributed by atoms with Gasteiger partial charge >= 0.3 is 0 Å². The van der Waals surface area contributed by atoms with Crippen LogP contribution in [0.1, 0.15) is 44.9 Å². The van der Waals surface area contributed by atoms with Gasteiger partial charge in [-0.05, 0) is 51.7 Å². The average Bonchev–Trinajstić information content (AvgIpc) is 2.87. The van der Waals surface area contributed by atoms with Crippen molar-refractivity contribution >= 4 is 16.1 Å². The molecular formula is C17H34N4O3S. The van der Waals surface area contributed by atoms with Gasteiger partial charge in [0.2, 0.25) is 5.91 Å². The van der Waals surface area contributed by atoms with E-state index >= 15 is 0 Å². The van der Waals surface area contributed by atoms with Crippen molar-refractivity contribution in [3.63, 3.8) is 0 Å². The van der Waals surface area contributed by atoms with Crippen LogP contribution in [0.15, 0.2) is 0 Å². The molecule has 0 saturated carbocycles. The molecule has 2 aliphatic heterocycles. The van der Waals surface area contributed by atoms with Crippen molar-refractivity contribution in [1.29, 1.82) is 0 Å². The number of carbonyl (C=O) groups is 1. The SMILES string of the molecule is CN(C)S(=O)(=O)N1CCC(C(=O)NCCCN2CCCCCC2)CC1. The lowest BCUT2D eigenvalue weighted by atomic mass is 9.97. The fourth-order valence-electron chi connectivity index (χ4n) is 3.60. The molecule has 0 spiro atoms. The normalized spacial score (nSPS) is 22.0. The largest absolute Gasteiger partial charge is 0.356 e. The molecule has 25 heavy (non-hydrogen) atoms. The van der Waals surface area contributed by atoms with Crippen molar-refractivity contribution in [2.24, 2.45) is 5.92 Å². The molecule has 0 aromatic carbocycles. The summed E-state index contributed by atoms with van der Waals surface area (Å²) in [6, 6.07) is 0. The Morgan fingerprint density at radius 2 is 1.64 bits per heavy atom. The van der Waals surface area contributed by atoms with Crippen LogP contribution in [0.5, 0.6) is 0 Å². The Kier molecular flexibility index (Phi) is 8.12. The standard InChI is InChI=1S/C17H34N4O3S/c1-19(2)25(23,24)21-14-8-16(9-15-21)17(22)18-10-7-13-20-11-5-3-4-6-12-20/h16H,3-15H2,1-2H3,(H,18,22). The first-order valence-electron chi connectivity index (χ1n) is 9.59. The third kappa shape index (κ3) is 6.20. The quantitative estimate of drug-likeness (QED) is 0.672. The van der Waals surface area contributed by atoms with E-state index in [2.05, 4.69) is 10.2 Å². The van der Waals surface area contributed by atoms with E-state index in [4.69, 9.17) is 0 Å². The Labute approximate surface area is 152 Å². The van der Waals surface area contributed by atoms with Crippen LogP contribution in [0, 0.1) is 5.92 Å². The second kappa shape index (κ2) is 9.85. The summed E-state index contributed by atoms with van der Waals surface area (Å²) in [6.45, 7) is 4.99. The Morgan fingerprint density at radius 1 is 1.04 bits per heavy atom.